The number of ether oxygens (including phenoxy) is 1. The molecule has 0 radical (unpaired) electrons. The molecule has 1 saturated heterocycles. The highest BCUT2D eigenvalue weighted by Crippen LogP contribution is 2.35. The maximum Gasteiger partial charge on any atom is 0.199 e. The summed E-state index contributed by atoms with van der Waals surface area (Å²) in [7, 11) is 1.67. The number of aromatic nitrogens is 3. The van der Waals surface area contributed by atoms with E-state index >= 15 is 0 Å². The Labute approximate surface area is 174 Å². The molecule has 1 aliphatic heterocycles. The van der Waals surface area contributed by atoms with Gasteiger partial charge < -0.3 is 4.74 Å². The van der Waals surface area contributed by atoms with Gasteiger partial charge in [0.05, 0.1) is 13.8 Å². The molecule has 28 heavy (non-hydrogen) atoms. The minimum atomic E-state index is 0.455. The Morgan fingerprint density at radius 3 is 2.82 bits per heavy atom. The van der Waals surface area contributed by atoms with Gasteiger partial charge >= 0.3 is 0 Å². The third kappa shape index (κ3) is 3.70. The van der Waals surface area contributed by atoms with Gasteiger partial charge in [-0.25, -0.2) is 4.68 Å². The average molecular weight is 413 g/mol. The topological polar surface area (TPSA) is 35.2 Å². The first-order valence-electron chi connectivity index (χ1n) is 9.41. The number of thiophene rings is 1. The number of methoxy groups -OCH3 is 1. The Morgan fingerprint density at radius 1 is 1.32 bits per heavy atom. The highest BCUT2D eigenvalue weighted by Gasteiger charge is 2.27. The van der Waals surface area contributed by atoms with Crippen LogP contribution in [0, 0.1) is 4.77 Å². The van der Waals surface area contributed by atoms with Crippen molar-refractivity contribution in [3.63, 3.8) is 0 Å². The van der Waals surface area contributed by atoms with Gasteiger partial charge in [0.25, 0.3) is 0 Å². The molecule has 0 spiro atoms. The highest BCUT2D eigenvalue weighted by molar-refractivity contribution is 7.71. The third-order valence-corrected chi connectivity index (χ3v) is 6.54. The van der Waals surface area contributed by atoms with Gasteiger partial charge in [-0.15, -0.1) is 17.9 Å². The second-order valence-electron chi connectivity index (χ2n) is 6.86. The van der Waals surface area contributed by atoms with E-state index in [1.165, 1.54) is 17.7 Å². The summed E-state index contributed by atoms with van der Waals surface area (Å²) in [5, 5.41) is 7.03. The number of benzene rings is 1. The van der Waals surface area contributed by atoms with Crippen molar-refractivity contribution in [2.45, 2.75) is 32.1 Å². The summed E-state index contributed by atoms with van der Waals surface area (Å²) in [6, 6.07) is 12.7. The van der Waals surface area contributed by atoms with Crippen molar-refractivity contribution < 1.29 is 4.74 Å². The van der Waals surface area contributed by atoms with Crippen LogP contribution in [0.25, 0.3) is 11.4 Å². The lowest BCUT2D eigenvalue weighted by molar-refractivity contribution is 0.192. The van der Waals surface area contributed by atoms with Gasteiger partial charge in [-0.1, -0.05) is 12.1 Å². The number of hydrogen-bond acceptors (Lipinski definition) is 5. The van der Waals surface area contributed by atoms with Crippen molar-refractivity contribution in [1.82, 2.24) is 19.2 Å². The summed E-state index contributed by atoms with van der Waals surface area (Å²) < 4.78 is 9.99. The van der Waals surface area contributed by atoms with Crippen molar-refractivity contribution in [3.8, 4) is 17.1 Å². The zero-order chi connectivity index (χ0) is 19.5. The monoisotopic (exact) mass is 412 g/mol. The predicted molar refractivity (Wildman–Crippen MR) is 116 cm³/mol. The molecule has 4 rings (SSSR count). The molecule has 0 saturated carbocycles. The molecule has 1 atom stereocenters. The van der Waals surface area contributed by atoms with Gasteiger partial charge in [-0.3, -0.25) is 9.47 Å². The summed E-state index contributed by atoms with van der Waals surface area (Å²) in [6.45, 7) is 6.29. The van der Waals surface area contributed by atoms with E-state index in [-0.39, 0.29) is 0 Å². The molecule has 3 aromatic rings. The van der Waals surface area contributed by atoms with Crippen LogP contribution in [0.4, 0.5) is 0 Å². The number of rotatable bonds is 7. The average Bonchev–Trinajstić information content (AvgIpc) is 3.45. The first-order chi connectivity index (χ1) is 13.7. The van der Waals surface area contributed by atoms with Crippen LogP contribution in [0.1, 0.15) is 23.8 Å². The fourth-order valence-electron chi connectivity index (χ4n) is 3.75. The molecule has 0 N–H and O–H groups in total. The molecular formula is C21H24N4OS2. The van der Waals surface area contributed by atoms with Crippen LogP contribution >= 0.6 is 23.6 Å². The number of likely N-dealkylation sites (tertiary alicyclic amines) is 1. The molecule has 7 heteroatoms. The lowest BCUT2D eigenvalue weighted by Gasteiger charge is -2.23. The molecule has 3 heterocycles. The lowest BCUT2D eigenvalue weighted by Crippen LogP contribution is -2.26. The summed E-state index contributed by atoms with van der Waals surface area (Å²) >= 11 is 7.59. The number of hydrogen-bond donors (Lipinski definition) is 0. The van der Waals surface area contributed by atoms with Gasteiger partial charge in [-0.05, 0) is 60.8 Å². The van der Waals surface area contributed by atoms with E-state index in [1.54, 1.807) is 7.11 Å². The molecule has 0 bridgehead atoms. The molecular weight excluding hydrogens is 388 g/mol. The Morgan fingerprint density at radius 2 is 2.14 bits per heavy atom. The Balaban J connectivity index is 1.66. The molecule has 0 unspecified atom stereocenters. The summed E-state index contributed by atoms with van der Waals surface area (Å²) in [5.74, 6) is 1.69. The van der Waals surface area contributed by atoms with E-state index in [1.807, 2.05) is 50.9 Å². The van der Waals surface area contributed by atoms with Gasteiger partial charge in [-0.2, -0.15) is 5.10 Å². The zero-order valence-electron chi connectivity index (χ0n) is 16.0. The summed E-state index contributed by atoms with van der Waals surface area (Å²) in [4.78, 5) is 3.90. The van der Waals surface area contributed by atoms with Crippen LogP contribution in [0.2, 0.25) is 0 Å². The van der Waals surface area contributed by atoms with E-state index in [9.17, 15) is 0 Å². The van der Waals surface area contributed by atoms with E-state index in [0.717, 1.165) is 28.5 Å². The van der Waals surface area contributed by atoms with Gasteiger partial charge in [0.1, 0.15) is 5.75 Å². The zero-order valence-corrected chi connectivity index (χ0v) is 17.6. The van der Waals surface area contributed by atoms with Crippen molar-refractivity contribution in [3.05, 3.63) is 64.1 Å². The minimum Gasteiger partial charge on any atom is -0.497 e. The van der Waals surface area contributed by atoms with Crippen molar-refractivity contribution >= 4 is 23.6 Å². The SMILES string of the molecule is C=CCn1c(-c2ccc(OC)cc2)nn(CN2CCC[C@H]2c2cccs2)c1=S. The predicted octanol–water partition coefficient (Wildman–Crippen LogP) is 5.13. The maximum absolute atomic E-state index is 5.77. The molecule has 1 aromatic carbocycles. The Bertz CT molecular complexity index is 989. The van der Waals surface area contributed by atoms with Crippen LogP contribution in [0.15, 0.2) is 54.4 Å². The largest absolute Gasteiger partial charge is 0.497 e. The molecule has 0 aliphatic carbocycles. The first-order valence-corrected chi connectivity index (χ1v) is 10.7. The van der Waals surface area contributed by atoms with Crippen molar-refractivity contribution in [2.24, 2.45) is 0 Å². The standard InChI is InChI=1S/C21H24N4OS2/c1-3-12-24-20(16-8-10-17(26-2)11-9-16)22-25(21(24)27)15-23-13-4-6-18(23)19-7-5-14-28-19/h3,5,7-11,14,18H,1,4,6,12-13,15H2,2H3/t18-/m0/s1. The minimum absolute atomic E-state index is 0.455. The molecule has 146 valence electrons. The molecule has 5 nitrogen and oxygen atoms in total. The van der Waals surface area contributed by atoms with Crippen LogP contribution in [0.3, 0.4) is 0 Å². The van der Waals surface area contributed by atoms with Crippen LogP contribution in [-0.4, -0.2) is 32.9 Å². The van der Waals surface area contributed by atoms with Crippen molar-refractivity contribution in [2.75, 3.05) is 13.7 Å². The Kier molecular flexibility index (Phi) is 5.75. The van der Waals surface area contributed by atoms with Gasteiger partial charge in [0, 0.05) is 29.6 Å². The summed E-state index contributed by atoms with van der Waals surface area (Å²) in [6.07, 6.45) is 4.25. The van der Waals surface area contributed by atoms with Crippen molar-refractivity contribution in [1.29, 1.82) is 0 Å². The molecule has 2 aromatic heterocycles. The molecule has 1 fully saturated rings. The quantitative estimate of drug-likeness (QED) is 0.398. The van der Waals surface area contributed by atoms with E-state index in [0.29, 0.717) is 19.3 Å². The smallest absolute Gasteiger partial charge is 0.199 e. The lowest BCUT2D eigenvalue weighted by atomic mass is 10.2. The highest BCUT2D eigenvalue weighted by atomic mass is 32.1. The maximum atomic E-state index is 5.77. The second-order valence-corrected chi connectivity index (χ2v) is 8.21. The number of nitrogens with zero attached hydrogens (tertiary/aromatic N) is 4. The molecule has 0 amide bonds. The molecule has 1 aliphatic rings. The first kappa shape index (κ1) is 19.1. The fraction of sp³-hybridized carbons (Fsp3) is 0.333. The third-order valence-electron chi connectivity index (χ3n) is 5.13. The van der Waals surface area contributed by atoms with Crippen LogP contribution < -0.4 is 4.74 Å². The fourth-order valence-corrected chi connectivity index (χ4v) is 4.91. The van der Waals surface area contributed by atoms with Crippen LogP contribution in [-0.2, 0) is 13.2 Å². The number of allylic oxidation sites excluding steroid dienone is 1. The Hall–Kier alpha value is -2.22. The summed E-state index contributed by atoms with van der Waals surface area (Å²) in [5.41, 5.74) is 1.02. The van der Waals surface area contributed by atoms with E-state index in [4.69, 9.17) is 22.1 Å². The normalized spacial score (nSPS) is 17.1. The van der Waals surface area contributed by atoms with Gasteiger partial charge in [0.15, 0.2) is 10.6 Å². The van der Waals surface area contributed by atoms with E-state index in [2.05, 4.69) is 29.0 Å². The van der Waals surface area contributed by atoms with Gasteiger partial charge in [0.2, 0.25) is 0 Å². The van der Waals surface area contributed by atoms with Crippen LogP contribution in [0.5, 0.6) is 5.75 Å². The second kappa shape index (κ2) is 8.43. The van der Waals surface area contributed by atoms with E-state index < -0.39 is 0 Å².